The third-order valence-corrected chi connectivity index (χ3v) is 1.35. The first kappa shape index (κ1) is 16.6. The van der Waals surface area contributed by atoms with E-state index in [0.29, 0.717) is 0 Å². The topological polar surface area (TPSA) is 0 Å². The second-order valence-corrected chi connectivity index (χ2v) is 2.03. The number of allylic oxidation sites excluding steroid dienone is 2. The molecule has 43 valence electrons. The first-order valence-corrected chi connectivity index (χ1v) is 2.98. The number of hydrogen-bond acceptors (Lipinski definition) is 1. The zero-order valence-corrected chi connectivity index (χ0v) is 8.53. The van der Waals surface area contributed by atoms with Crippen molar-refractivity contribution in [3.63, 3.8) is 0 Å². The molecule has 7 radical (unpaired) electrons. The quantitative estimate of drug-likeness (QED) is 0.515. The summed E-state index contributed by atoms with van der Waals surface area (Å²) in [4.78, 5) is 0. The molecule has 0 saturated carbocycles. The molecule has 1 aliphatic heterocycles. The molecule has 0 aromatic heterocycles. The van der Waals surface area contributed by atoms with E-state index in [4.69, 9.17) is 0 Å². The van der Waals surface area contributed by atoms with Gasteiger partial charge in [0.15, 0.2) is 0 Å². The summed E-state index contributed by atoms with van der Waals surface area (Å²) in [5.41, 5.74) is 0. The SMILES string of the molecule is C1=CCSC=C1.[Al].[C].[Ti]. The van der Waals surface area contributed by atoms with Gasteiger partial charge in [-0.2, -0.15) is 0 Å². The molecule has 9 heavy (non-hydrogen) atoms. The molecule has 0 bridgehead atoms. The van der Waals surface area contributed by atoms with Crippen molar-refractivity contribution >= 4 is 29.1 Å². The summed E-state index contributed by atoms with van der Waals surface area (Å²) in [7, 11) is 0. The maximum absolute atomic E-state index is 2.14. The Bertz CT molecular complexity index is 79.1. The molecule has 0 nitrogen and oxygen atoms in total. The van der Waals surface area contributed by atoms with E-state index < -0.39 is 0 Å². The van der Waals surface area contributed by atoms with Crippen LogP contribution in [0.1, 0.15) is 0 Å². The van der Waals surface area contributed by atoms with Crippen LogP contribution >= 0.6 is 11.8 Å². The van der Waals surface area contributed by atoms with Crippen molar-refractivity contribution in [3.8, 4) is 0 Å². The Morgan fingerprint density at radius 2 is 1.89 bits per heavy atom. The standard InChI is InChI=1S/C5H6S.C.Al.Ti/c1-2-4-6-5-3-1;;;/h1-4H,5H2;;;. The zero-order chi connectivity index (χ0) is 4.24. The van der Waals surface area contributed by atoms with E-state index in [1.165, 1.54) is 0 Å². The largest absolute Gasteiger partial charge is 0.130 e. The maximum atomic E-state index is 2.14. The third-order valence-electron chi connectivity index (χ3n) is 0.614. The van der Waals surface area contributed by atoms with Gasteiger partial charge in [-0.05, 0) is 5.41 Å². The van der Waals surface area contributed by atoms with Gasteiger partial charge in [-0.3, -0.25) is 0 Å². The van der Waals surface area contributed by atoms with Crippen molar-refractivity contribution in [2.75, 3.05) is 5.75 Å². The molecule has 0 aliphatic carbocycles. The second kappa shape index (κ2) is 11.8. The normalized spacial score (nSPS) is 12.4. The van der Waals surface area contributed by atoms with Crippen LogP contribution in [-0.2, 0) is 21.7 Å². The molecule has 1 rings (SSSR count). The van der Waals surface area contributed by atoms with Crippen LogP contribution in [0.15, 0.2) is 23.6 Å². The summed E-state index contributed by atoms with van der Waals surface area (Å²) in [6.45, 7) is 0. The van der Waals surface area contributed by atoms with Crippen molar-refractivity contribution < 1.29 is 21.7 Å². The third kappa shape index (κ3) is 9.08. The summed E-state index contributed by atoms with van der Waals surface area (Å²) < 4.78 is 0. The van der Waals surface area contributed by atoms with Crippen LogP contribution in [-0.4, -0.2) is 23.1 Å². The fourth-order valence-electron chi connectivity index (χ4n) is 0.346. The van der Waals surface area contributed by atoms with Gasteiger partial charge in [-0.1, -0.05) is 18.2 Å². The minimum atomic E-state index is 0. The molecule has 0 fully saturated rings. The monoisotopic (exact) mass is 185 g/mol. The Morgan fingerprint density at radius 1 is 1.22 bits per heavy atom. The fourth-order valence-corrected chi connectivity index (χ4v) is 0.881. The predicted octanol–water partition coefficient (Wildman–Crippen LogP) is 1.50. The van der Waals surface area contributed by atoms with E-state index in [1.807, 2.05) is 17.8 Å². The van der Waals surface area contributed by atoms with Gasteiger partial charge >= 0.3 is 0 Å². The Balaban J connectivity index is -0.000000120. The van der Waals surface area contributed by atoms with Crippen molar-refractivity contribution in [1.82, 2.24) is 0 Å². The Hall–Kier alpha value is 1.08. The van der Waals surface area contributed by atoms with E-state index in [9.17, 15) is 0 Å². The minimum absolute atomic E-state index is 0. The van der Waals surface area contributed by atoms with Crippen molar-refractivity contribution in [3.05, 3.63) is 31.1 Å². The van der Waals surface area contributed by atoms with Crippen LogP contribution in [0.2, 0.25) is 0 Å². The summed E-state index contributed by atoms with van der Waals surface area (Å²) in [6.07, 6.45) is 6.26. The molecule has 0 N–H and O–H groups in total. The van der Waals surface area contributed by atoms with Crippen LogP contribution in [0.4, 0.5) is 0 Å². The van der Waals surface area contributed by atoms with Gasteiger partial charge in [-0.15, -0.1) is 11.8 Å². The van der Waals surface area contributed by atoms with Crippen LogP contribution in [0, 0.1) is 7.43 Å². The van der Waals surface area contributed by atoms with Gasteiger partial charge in [-0.25, -0.2) is 0 Å². The van der Waals surface area contributed by atoms with E-state index >= 15 is 0 Å². The Morgan fingerprint density at radius 3 is 2.00 bits per heavy atom. The van der Waals surface area contributed by atoms with Crippen LogP contribution in [0.25, 0.3) is 0 Å². The molecule has 0 aromatic rings. The molecule has 0 amide bonds. The Kier molecular flexibility index (Phi) is 21.8. The molecule has 3 heteroatoms. The fraction of sp³-hybridized carbons (Fsp3) is 0.167. The van der Waals surface area contributed by atoms with Gasteiger partial charge < -0.3 is 0 Å². The van der Waals surface area contributed by atoms with Gasteiger partial charge in [0, 0.05) is 52.3 Å². The first-order valence-electron chi connectivity index (χ1n) is 1.93. The smallest absolute Gasteiger partial charge is 0.0157 e. The molecular weight excluding hydrogens is 179 g/mol. The maximum Gasteiger partial charge on any atom is 0.0157 e. The minimum Gasteiger partial charge on any atom is -0.130 e. The number of hydrogen-bond donors (Lipinski definition) is 0. The van der Waals surface area contributed by atoms with E-state index in [1.54, 1.807) is 0 Å². The van der Waals surface area contributed by atoms with Crippen molar-refractivity contribution in [1.29, 1.82) is 0 Å². The number of rotatable bonds is 0. The second-order valence-electron chi connectivity index (χ2n) is 1.09. The molecule has 0 spiro atoms. The van der Waals surface area contributed by atoms with Gasteiger partial charge in [0.1, 0.15) is 0 Å². The average Bonchev–Trinajstić information content (AvgIpc) is 1.72. The van der Waals surface area contributed by atoms with Gasteiger partial charge in [0.25, 0.3) is 0 Å². The average molecular weight is 185 g/mol. The summed E-state index contributed by atoms with van der Waals surface area (Å²) >= 11 is 1.83. The van der Waals surface area contributed by atoms with E-state index in [-0.39, 0.29) is 46.5 Å². The molecule has 1 heterocycles. The molecule has 0 aromatic carbocycles. The molecular formula is C6H6AlSTi. The summed E-state index contributed by atoms with van der Waals surface area (Å²) in [5.74, 6) is 1.15. The molecule has 1 aliphatic rings. The predicted molar refractivity (Wildman–Crippen MR) is 39.7 cm³/mol. The number of thioether (sulfide) groups is 1. The van der Waals surface area contributed by atoms with Crippen molar-refractivity contribution in [2.45, 2.75) is 0 Å². The summed E-state index contributed by atoms with van der Waals surface area (Å²) in [5, 5.41) is 2.10. The van der Waals surface area contributed by atoms with Crippen LogP contribution in [0.5, 0.6) is 0 Å². The Labute approximate surface area is 87.2 Å². The van der Waals surface area contributed by atoms with Crippen LogP contribution in [0.3, 0.4) is 0 Å². The van der Waals surface area contributed by atoms with E-state index in [0.717, 1.165) is 5.75 Å². The van der Waals surface area contributed by atoms with Gasteiger partial charge in [0.2, 0.25) is 0 Å². The summed E-state index contributed by atoms with van der Waals surface area (Å²) in [6, 6.07) is 0. The first-order chi connectivity index (χ1) is 3.00. The zero-order valence-electron chi connectivity index (χ0n) is 5.00. The van der Waals surface area contributed by atoms with Gasteiger partial charge in [0.05, 0.1) is 0 Å². The molecule has 0 atom stereocenters. The van der Waals surface area contributed by atoms with E-state index in [2.05, 4.69) is 17.6 Å². The molecule has 0 saturated heterocycles. The van der Waals surface area contributed by atoms with Crippen molar-refractivity contribution in [2.24, 2.45) is 0 Å². The van der Waals surface area contributed by atoms with Crippen LogP contribution < -0.4 is 0 Å². The molecule has 0 unspecified atom stereocenters.